The van der Waals surface area contributed by atoms with Gasteiger partial charge in [-0.1, -0.05) is 18.2 Å². The summed E-state index contributed by atoms with van der Waals surface area (Å²) in [5.41, 5.74) is 4.44. The Kier molecular flexibility index (Phi) is 6.69. The van der Waals surface area contributed by atoms with Gasteiger partial charge in [-0.2, -0.15) is 0 Å². The molecule has 0 saturated carbocycles. The van der Waals surface area contributed by atoms with E-state index >= 15 is 0 Å². The van der Waals surface area contributed by atoms with Crippen LogP contribution < -0.4 is 16.3 Å². The monoisotopic (exact) mass is 529 g/mol. The van der Waals surface area contributed by atoms with Crippen LogP contribution in [0.2, 0.25) is 0 Å². The van der Waals surface area contributed by atoms with Crippen molar-refractivity contribution in [3.8, 4) is 0 Å². The number of aromatic amines is 1. The van der Waals surface area contributed by atoms with Crippen LogP contribution in [0.5, 0.6) is 0 Å². The van der Waals surface area contributed by atoms with E-state index < -0.39 is 36.0 Å². The van der Waals surface area contributed by atoms with E-state index in [-0.39, 0.29) is 18.4 Å². The Morgan fingerprint density at radius 3 is 2.56 bits per heavy atom. The standard InChI is InChI=1S/C29H27N3O7/c1-14-13-38-26-16(3)27-20(9-19(14)26)15(2)21(29(37)39-27)10-24(33)32-23(28(36)31-12-25(34)35)8-17-11-30-22-7-5-4-6-18(17)22/h4-7,9,11,13,23,30H,8,10,12H2,1-3H3,(H,31,36)(H,32,33)(H,34,35)/t23-/m0/s1. The number of H-pyrrole nitrogens is 1. The molecule has 3 aromatic heterocycles. The molecule has 0 aliphatic carbocycles. The first-order chi connectivity index (χ1) is 18.6. The number of furan rings is 1. The predicted molar refractivity (Wildman–Crippen MR) is 145 cm³/mol. The van der Waals surface area contributed by atoms with E-state index in [1.54, 1.807) is 19.4 Å². The van der Waals surface area contributed by atoms with Gasteiger partial charge in [-0.15, -0.1) is 0 Å². The van der Waals surface area contributed by atoms with Crippen molar-refractivity contribution in [2.75, 3.05) is 6.54 Å². The SMILES string of the molecule is Cc1coc2c(C)c3oc(=O)c(CC(=O)N[C@@H](Cc4c[nH]c5ccccc45)C(=O)NCC(=O)O)c(C)c3cc12. The second kappa shape index (κ2) is 10.1. The van der Waals surface area contributed by atoms with E-state index in [0.717, 1.165) is 27.4 Å². The number of para-hydroxylation sites is 1. The van der Waals surface area contributed by atoms with Gasteiger partial charge < -0.3 is 29.6 Å². The average Bonchev–Trinajstić information content (AvgIpc) is 3.49. The lowest BCUT2D eigenvalue weighted by molar-refractivity contribution is -0.138. The van der Waals surface area contributed by atoms with Gasteiger partial charge in [0.2, 0.25) is 11.8 Å². The van der Waals surface area contributed by atoms with Crippen LogP contribution in [0, 0.1) is 20.8 Å². The number of rotatable bonds is 8. The zero-order chi connectivity index (χ0) is 27.8. The molecule has 0 saturated heterocycles. The third-order valence-corrected chi connectivity index (χ3v) is 7.04. The van der Waals surface area contributed by atoms with Crippen molar-refractivity contribution >= 4 is 50.6 Å². The Hall–Kier alpha value is -4.86. The number of amides is 2. The topological polar surface area (TPSA) is 155 Å². The van der Waals surface area contributed by atoms with Crippen LogP contribution in [-0.4, -0.2) is 40.5 Å². The Morgan fingerprint density at radius 1 is 1.03 bits per heavy atom. The van der Waals surface area contributed by atoms with Gasteiger partial charge in [0, 0.05) is 39.9 Å². The van der Waals surface area contributed by atoms with Crippen LogP contribution in [0.1, 0.15) is 27.8 Å². The maximum Gasteiger partial charge on any atom is 0.340 e. The first-order valence-corrected chi connectivity index (χ1v) is 12.4. The Morgan fingerprint density at radius 2 is 1.79 bits per heavy atom. The highest BCUT2D eigenvalue weighted by Gasteiger charge is 2.25. The second-order valence-electron chi connectivity index (χ2n) is 9.64. The highest BCUT2D eigenvalue weighted by Crippen LogP contribution is 2.32. The summed E-state index contributed by atoms with van der Waals surface area (Å²) in [6, 6.07) is 8.33. The first kappa shape index (κ1) is 25.8. The quantitative estimate of drug-likeness (QED) is 0.225. The van der Waals surface area contributed by atoms with E-state index in [4.69, 9.17) is 13.9 Å². The van der Waals surface area contributed by atoms with Crippen molar-refractivity contribution in [2.24, 2.45) is 0 Å². The van der Waals surface area contributed by atoms with Crippen LogP contribution in [0.4, 0.5) is 0 Å². The number of carbonyl (C=O) groups excluding carboxylic acids is 2. The minimum atomic E-state index is -1.21. The summed E-state index contributed by atoms with van der Waals surface area (Å²) in [5, 5.41) is 16.5. The molecule has 0 fully saturated rings. The van der Waals surface area contributed by atoms with Crippen molar-refractivity contribution < 1.29 is 28.3 Å². The van der Waals surface area contributed by atoms with Gasteiger partial charge in [0.1, 0.15) is 23.8 Å². The van der Waals surface area contributed by atoms with E-state index in [9.17, 15) is 19.2 Å². The summed E-state index contributed by atoms with van der Waals surface area (Å²) >= 11 is 0. The number of hydrogen-bond acceptors (Lipinski definition) is 6. The molecule has 0 bridgehead atoms. The van der Waals surface area contributed by atoms with Gasteiger partial charge >= 0.3 is 11.6 Å². The van der Waals surface area contributed by atoms with E-state index in [0.29, 0.717) is 27.7 Å². The molecule has 2 aromatic carbocycles. The van der Waals surface area contributed by atoms with Crippen LogP contribution >= 0.6 is 0 Å². The zero-order valence-corrected chi connectivity index (χ0v) is 21.6. The fourth-order valence-electron chi connectivity index (χ4n) is 4.94. The molecule has 0 aliphatic heterocycles. The summed E-state index contributed by atoms with van der Waals surface area (Å²) in [6.45, 7) is 4.90. The largest absolute Gasteiger partial charge is 0.480 e. The number of nitrogens with one attached hydrogen (secondary N) is 3. The van der Waals surface area contributed by atoms with Gasteiger partial charge in [-0.3, -0.25) is 14.4 Å². The highest BCUT2D eigenvalue weighted by molar-refractivity contribution is 6.00. The van der Waals surface area contributed by atoms with Crippen LogP contribution in [0.25, 0.3) is 32.8 Å². The van der Waals surface area contributed by atoms with E-state index in [1.165, 1.54) is 0 Å². The number of carboxylic acids is 1. The minimum absolute atomic E-state index is 0.115. The van der Waals surface area contributed by atoms with Gasteiger partial charge in [0.05, 0.1) is 18.2 Å². The van der Waals surface area contributed by atoms with E-state index in [1.807, 2.05) is 44.2 Å². The minimum Gasteiger partial charge on any atom is -0.480 e. The molecule has 0 spiro atoms. The molecule has 2 amide bonds. The summed E-state index contributed by atoms with van der Waals surface area (Å²) < 4.78 is 11.3. The van der Waals surface area contributed by atoms with Crippen molar-refractivity contribution in [1.82, 2.24) is 15.6 Å². The lowest BCUT2D eigenvalue weighted by atomic mass is 9.98. The number of aliphatic carboxylic acids is 1. The number of aromatic nitrogens is 1. The molecule has 10 nitrogen and oxygen atoms in total. The number of hydrogen-bond donors (Lipinski definition) is 4. The maximum atomic E-state index is 13.2. The molecule has 5 rings (SSSR count). The van der Waals surface area contributed by atoms with Crippen molar-refractivity contribution in [2.45, 2.75) is 39.7 Å². The van der Waals surface area contributed by atoms with Crippen molar-refractivity contribution in [1.29, 1.82) is 0 Å². The number of aryl methyl sites for hydroxylation is 3. The molecule has 3 heterocycles. The summed E-state index contributed by atoms with van der Waals surface area (Å²) in [6.07, 6.45) is 3.19. The maximum absolute atomic E-state index is 13.2. The third-order valence-electron chi connectivity index (χ3n) is 7.04. The summed E-state index contributed by atoms with van der Waals surface area (Å²) in [7, 11) is 0. The lowest BCUT2D eigenvalue weighted by Gasteiger charge is -2.18. The molecule has 5 aromatic rings. The summed E-state index contributed by atoms with van der Waals surface area (Å²) in [5.74, 6) is -2.42. The molecule has 0 radical (unpaired) electrons. The average molecular weight is 530 g/mol. The third kappa shape index (κ3) is 4.88. The van der Waals surface area contributed by atoms with Crippen LogP contribution in [0.15, 0.2) is 56.4 Å². The van der Waals surface area contributed by atoms with Crippen molar-refractivity contribution in [3.05, 3.63) is 81.0 Å². The number of fused-ring (bicyclic) bond motifs is 3. The lowest BCUT2D eigenvalue weighted by Crippen LogP contribution is -2.49. The normalized spacial score (nSPS) is 12.2. The number of carbonyl (C=O) groups is 3. The fourth-order valence-corrected chi connectivity index (χ4v) is 4.94. The zero-order valence-electron chi connectivity index (χ0n) is 21.6. The number of carboxylic acid groups (broad SMARTS) is 1. The molecule has 39 heavy (non-hydrogen) atoms. The molecule has 1 atom stereocenters. The van der Waals surface area contributed by atoms with Gasteiger partial charge in [0.25, 0.3) is 0 Å². The van der Waals surface area contributed by atoms with Crippen LogP contribution in [0.3, 0.4) is 0 Å². The van der Waals surface area contributed by atoms with Gasteiger partial charge in [-0.05, 0) is 49.6 Å². The smallest absolute Gasteiger partial charge is 0.340 e. The molecular formula is C29H27N3O7. The highest BCUT2D eigenvalue weighted by atomic mass is 16.4. The van der Waals surface area contributed by atoms with Crippen LogP contribution in [-0.2, 0) is 27.2 Å². The second-order valence-corrected chi connectivity index (χ2v) is 9.64. The van der Waals surface area contributed by atoms with Gasteiger partial charge in [-0.25, -0.2) is 4.79 Å². The molecule has 0 aliphatic rings. The molecule has 200 valence electrons. The fraction of sp³-hybridized carbons (Fsp3) is 0.241. The molecule has 4 N–H and O–H groups in total. The Labute approximate surface area is 222 Å². The molecular weight excluding hydrogens is 502 g/mol. The molecule has 0 unspecified atom stereocenters. The Bertz CT molecular complexity index is 1830. The van der Waals surface area contributed by atoms with E-state index in [2.05, 4.69) is 15.6 Å². The molecule has 10 heteroatoms. The number of benzene rings is 2. The van der Waals surface area contributed by atoms with Crippen molar-refractivity contribution in [3.63, 3.8) is 0 Å². The van der Waals surface area contributed by atoms with Gasteiger partial charge in [0.15, 0.2) is 0 Å². The summed E-state index contributed by atoms with van der Waals surface area (Å²) in [4.78, 5) is 53.2. The predicted octanol–water partition coefficient (Wildman–Crippen LogP) is 3.42. The Balaban J connectivity index is 1.44. The first-order valence-electron chi connectivity index (χ1n) is 12.4.